The molecule has 1 aliphatic rings. The van der Waals surface area contributed by atoms with E-state index in [4.69, 9.17) is 9.47 Å². The minimum Gasteiger partial charge on any atom is -0.489 e. The van der Waals surface area contributed by atoms with Crippen molar-refractivity contribution >= 4 is 23.5 Å². The molecule has 172 valence electrons. The molecule has 1 heterocycles. The highest BCUT2D eigenvalue weighted by Crippen LogP contribution is 2.36. The topological polar surface area (TPSA) is 55.8 Å². The molecule has 0 aliphatic carbocycles. The van der Waals surface area contributed by atoms with Crippen LogP contribution in [-0.4, -0.2) is 18.9 Å². The number of nitrogens with zero attached hydrogens (tertiary/aromatic N) is 1. The zero-order valence-electron chi connectivity index (χ0n) is 19.8. The van der Waals surface area contributed by atoms with Gasteiger partial charge in [-0.05, 0) is 73.4 Å². The molecule has 0 unspecified atom stereocenters. The number of methoxy groups -OCH3 is 1. The molecular formula is C29H27NO4. The highest BCUT2D eigenvalue weighted by atomic mass is 16.5. The van der Waals surface area contributed by atoms with Crippen LogP contribution in [0.4, 0.5) is 5.69 Å². The Balaban J connectivity index is 1.66. The molecule has 0 bridgehead atoms. The lowest BCUT2D eigenvalue weighted by Crippen LogP contribution is -2.18. The lowest BCUT2D eigenvalue weighted by molar-refractivity contribution is -0.137. The Morgan fingerprint density at radius 1 is 0.912 bits per heavy atom. The maximum absolute atomic E-state index is 13.3. The molecule has 0 fully saturated rings. The van der Waals surface area contributed by atoms with E-state index in [1.807, 2.05) is 85.5 Å². The Morgan fingerprint density at radius 2 is 1.56 bits per heavy atom. The lowest BCUT2D eigenvalue weighted by atomic mass is 10.1. The van der Waals surface area contributed by atoms with Gasteiger partial charge in [0.25, 0.3) is 0 Å². The van der Waals surface area contributed by atoms with Crippen LogP contribution < -0.4 is 9.64 Å². The van der Waals surface area contributed by atoms with E-state index >= 15 is 0 Å². The van der Waals surface area contributed by atoms with Crippen molar-refractivity contribution in [2.45, 2.75) is 27.4 Å². The van der Waals surface area contributed by atoms with Crippen LogP contribution in [0.1, 0.15) is 29.2 Å². The Morgan fingerprint density at radius 3 is 2.18 bits per heavy atom. The van der Waals surface area contributed by atoms with E-state index in [0.717, 1.165) is 33.7 Å². The fourth-order valence-electron chi connectivity index (χ4n) is 4.13. The van der Waals surface area contributed by atoms with Crippen molar-refractivity contribution in [3.8, 4) is 5.75 Å². The monoisotopic (exact) mass is 453 g/mol. The third-order valence-electron chi connectivity index (χ3n) is 5.68. The molecule has 3 aromatic rings. The number of anilines is 1. The zero-order chi connectivity index (χ0) is 24.2. The first-order valence-corrected chi connectivity index (χ1v) is 11.1. The lowest BCUT2D eigenvalue weighted by Gasteiger charge is -2.22. The number of allylic oxidation sites excluding steroid dienone is 2. The number of ketones is 1. The normalized spacial score (nSPS) is 14.6. The van der Waals surface area contributed by atoms with Crippen LogP contribution in [0.2, 0.25) is 0 Å². The summed E-state index contributed by atoms with van der Waals surface area (Å²) in [5.74, 6) is -0.252. The van der Waals surface area contributed by atoms with Gasteiger partial charge < -0.3 is 14.4 Å². The minimum atomic E-state index is -0.634. The Labute approximate surface area is 199 Å². The number of esters is 1. The van der Waals surface area contributed by atoms with Gasteiger partial charge in [0, 0.05) is 11.4 Å². The average molecular weight is 454 g/mol. The number of carbonyl (C=O) groups is 2. The van der Waals surface area contributed by atoms with Gasteiger partial charge in [-0.3, -0.25) is 4.79 Å². The van der Waals surface area contributed by atoms with Gasteiger partial charge in [-0.15, -0.1) is 0 Å². The number of aryl methyl sites for hydroxylation is 2. The number of Topliss-reactive ketones (excluding diaryl/α,β-unsaturated/α-hetero) is 1. The van der Waals surface area contributed by atoms with Gasteiger partial charge in [-0.2, -0.15) is 0 Å². The molecule has 3 aromatic carbocycles. The number of ether oxygens (including phenoxy) is 2. The fourth-order valence-corrected chi connectivity index (χ4v) is 4.13. The summed E-state index contributed by atoms with van der Waals surface area (Å²) < 4.78 is 10.8. The Hall–Kier alpha value is -4.12. The highest BCUT2D eigenvalue weighted by molar-refractivity contribution is 6.30. The number of benzene rings is 3. The van der Waals surface area contributed by atoms with Crippen molar-refractivity contribution < 1.29 is 19.1 Å². The van der Waals surface area contributed by atoms with E-state index in [0.29, 0.717) is 18.0 Å². The average Bonchev–Trinajstić information content (AvgIpc) is 3.07. The molecule has 0 atom stereocenters. The Bertz CT molecular complexity index is 1270. The van der Waals surface area contributed by atoms with Crippen molar-refractivity contribution in [3.63, 3.8) is 0 Å². The molecule has 1 aliphatic heterocycles. The second-order valence-corrected chi connectivity index (χ2v) is 8.34. The summed E-state index contributed by atoms with van der Waals surface area (Å²) in [6.45, 7) is 6.26. The van der Waals surface area contributed by atoms with Gasteiger partial charge in [0.1, 0.15) is 17.9 Å². The molecule has 34 heavy (non-hydrogen) atoms. The fraction of sp³-hybridized carbons (Fsp3) is 0.172. The molecule has 0 saturated carbocycles. The number of hydrogen-bond acceptors (Lipinski definition) is 5. The van der Waals surface area contributed by atoms with Crippen molar-refractivity contribution in [1.29, 1.82) is 0 Å². The summed E-state index contributed by atoms with van der Waals surface area (Å²) in [5.41, 5.74) is 5.89. The Kier molecular flexibility index (Phi) is 6.64. The molecule has 5 nitrogen and oxygen atoms in total. The van der Waals surface area contributed by atoms with E-state index in [9.17, 15) is 9.59 Å². The van der Waals surface area contributed by atoms with Crippen LogP contribution in [0.15, 0.2) is 89.8 Å². The maximum atomic E-state index is 13.3. The largest absolute Gasteiger partial charge is 0.489 e. The van der Waals surface area contributed by atoms with Crippen LogP contribution in [0.3, 0.4) is 0 Å². The molecule has 0 N–H and O–H groups in total. The molecule has 0 aromatic heterocycles. The predicted molar refractivity (Wildman–Crippen MR) is 133 cm³/mol. The summed E-state index contributed by atoms with van der Waals surface area (Å²) >= 11 is 0. The molecule has 4 rings (SSSR count). The first kappa shape index (κ1) is 23.1. The van der Waals surface area contributed by atoms with Gasteiger partial charge in [-0.1, -0.05) is 48.5 Å². The molecule has 0 amide bonds. The van der Waals surface area contributed by atoms with E-state index in [1.54, 1.807) is 13.0 Å². The van der Waals surface area contributed by atoms with Gasteiger partial charge in [0.05, 0.1) is 12.8 Å². The molecule has 0 spiro atoms. The third kappa shape index (κ3) is 4.79. The summed E-state index contributed by atoms with van der Waals surface area (Å²) in [6.07, 6.45) is 1.79. The quantitative estimate of drug-likeness (QED) is 0.270. The summed E-state index contributed by atoms with van der Waals surface area (Å²) in [7, 11) is 1.28. The van der Waals surface area contributed by atoms with Crippen LogP contribution >= 0.6 is 0 Å². The second-order valence-electron chi connectivity index (χ2n) is 8.34. The molecular weight excluding hydrogens is 426 g/mol. The van der Waals surface area contributed by atoms with Crippen molar-refractivity contribution in [2.24, 2.45) is 0 Å². The van der Waals surface area contributed by atoms with Crippen LogP contribution in [0, 0.1) is 13.8 Å². The molecule has 5 heteroatoms. The van der Waals surface area contributed by atoms with E-state index in [-0.39, 0.29) is 11.4 Å². The predicted octanol–water partition coefficient (Wildman–Crippen LogP) is 5.76. The summed E-state index contributed by atoms with van der Waals surface area (Å²) in [6, 6.07) is 23.6. The van der Waals surface area contributed by atoms with Crippen molar-refractivity contribution in [2.75, 3.05) is 12.0 Å². The number of carbonyl (C=O) groups excluding carboxylic acids is 2. The van der Waals surface area contributed by atoms with Gasteiger partial charge in [0.15, 0.2) is 0 Å². The standard InChI is InChI=1S/C29H27NO4/c1-19-14-20(2)16-24(15-19)30-21(3)27(29(32)33-4)28(31)26(30)17-22-10-12-25(13-11-22)34-18-23-8-6-5-7-9-23/h5-17H,18H2,1-4H3/b26-17-. The first-order valence-electron chi connectivity index (χ1n) is 11.1. The smallest absolute Gasteiger partial charge is 0.343 e. The summed E-state index contributed by atoms with van der Waals surface area (Å²) in [4.78, 5) is 27.5. The van der Waals surface area contributed by atoms with Gasteiger partial charge in [0.2, 0.25) is 5.78 Å². The van der Waals surface area contributed by atoms with Crippen molar-refractivity contribution in [3.05, 3.63) is 112 Å². The zero-order valence-corrected chi connectivity index (χ0v) is 19.8. The number of rotatable bonds is 6. The maximum Gasteiger partial charge on any atom is 0.343 e. The summed E-state index contributed by atoms with van der Waals surface area (Å²) in [5, 5.41) is 0. The first-order chi connectivity index (χ1) is 16.4. The van der Waals surface area contributed by atoms with E-state index < -0.39 is 5.97 Å². The van der Waals surface area contributed by atoms with Crippen LogP contribution in [0.25, 0.3) is 6.08 Å². The highest BCUT2D eigenvalue weighted by Gasteiger charge is 2.38. The van der Waals surface area contributed by atoms with E-state index in [1.165, 1.54) is 7.11 Å². The number of hydrogen-bond donors (Lipinski definition) is 0. The van der Waals surface area contributed by atoms with E-state index in [2.05, 4.69) is 6.07 Å². The molecule has 0 radical (unpaired) electrons. The SMILES string of the molecule is COC(=O)C1=C(C)N(c2cc(C)cc(C)c2)/C(=C\c2ccc(OCc3ccccc3)cc2)C1=O. The van der Waals surface area contributed by atoms with Crippen LogP contribution in [0.5, 0.6) is 5.75 Å². The van der Waals surface area contributed by atoms with Gasteiger partial charge in [-0.25, -0.2) is 4.79 Å². The molecule has 0 saturated heterocycles. The second kappa shape index (κ2) is 9.79. The van der Waals surface area contributed by atoms with Crippen LogP contribution in [-0.2, 0) is 20.9 Å². The van der Waals surface area contributed by atoms with Crippen molar-refractivity contribution in [1.82, 2.24) is 0 Å². The third-order valence-corrected chi connectivity index (χ3v) is 5.68. The van der Waals surface area contributed by atoms with Gasteiger partial charge >= 0.3 is 5.97 Å². The minimum absolute atomic E-state index is 0.0516.